The molecule has 0 saturated heterocycles. The number of rotatable bonds is 6. The first kappa shape index (κ1) is 16.5. The van der Waals surface area contributed by atoms with E-state index in [4.69, 9.17) is 0 Å². The van der Waals surface area contributed by atoms with E-state index in [9.17, 15) is 13.2 Å². The van der Waals surface area contributed by atoms with Crippen LogP contribution >= 0.6 is 0 Å². The summed E-state index contributed by atoms with van der Waals surface area (Å²) in [4.78, 5) is 16.0. The Bertz CT molecular complexity index is 818. The number of aromatic nitrogens is 2. The summed E-state index contributed by atoms with van der Waals surface area (Å²) in [6.45, 7) is 2.28. The predicted octanol–water partition coefficient (Wildman–Crippen LogP) is 0.953. The maximum absolute atomic E-state index is 12.5. The van der Waals surface area contributed by atoms with E-state index in [1.807, 2.05) is 24.3 Å². The van der Waals surface area contributed by atoms with Crippen LogP contribution in [0.25, 0.3) is 0 Å². The number of benzene rings is 1. The van der Waals surface area contributed by atoms with Crippen LogP contribution in [0.3, 0.4) is 0 Å². The minimum Gasteiger partial charge on any atom is -0.353 e. The van der Waals surface area contributed by atoms with Gasteiger partial charge in [-0.15, -0.1) is 0 Å². The fourth-order valence-corrected chi connectivity index (χ4v) is 4.22. The minimum absolute atomic E-state index is 0.0822. The Morgan fingerprint density at radius 3 is 2.92 bits per heavy atom. The van der Waals surface area contributed by atoms with Crippen molar-refractivity contribution in [1.29, 1.82) is 0 Å². The maximum Gasteiger partial charge on any atom is 0.242 e. The highest BCUT2D eigenvalue weighted by atomic mass is 32.2. The van der Waals surface area contributed by atoms with Crippen molar-refractivity contribution in [2.45, 2.75) is 19.4 Å². The van der Waals surface area contributed by atoms with Crippen LogP contribution in [0, 0.1) is 0 Å². The molecule has 1 aliphatic rings. The molecule has 1 atom stereocenters. The van der Waals surface area contributed by atoms with E-state index in [1.165, 1.54) is 4.31 Å². The number of imidazole rings is 1. The highest BCUT2D eigenvalue weighted by molar-refractivity contribution is 7.92. The molecule has 0 bridgehead atoms. The molecular formula is C16H20N4O3S. The van der Waals surface area contributed by atoms with Gasteiger partial charge in [0.05, 0.1) is 17.8 Å². The number of fused-ring (bicyclic) bond motifs is 1. The van der Waals surface area contributed by atoms with Crippen molar-refractivity contribution < 1.29 is 13.2 Å². The average molecular weight is 348 g/mol. The SMILES string of the molecule is C[C@H](C(=O)NCCS(=O)(=O)N1CCc2ccccc21)n1ccnc1. The molecule has 8 heteroatoms. The van der Waals surface area contributed by atoms with Crippen molar-refractivity contribution in [3.8, 4) is 0 Å². The summed E-state index contributed by atoms with van der Waals surface area (Å²) < 4.78 is 28.2. The molecule has 7 nitrogen and oxygen atoms in total. The first-order valence-electron chi connectivity index (χ1n) is 7.82. The molecule has 0 aliphatic carbocycles. The quantitative estimate of drug-likeness (QED) is 0.842. The number of nitrogens with one attached hydrogen (secondary N) is 1. The third-order valence-electron chi connectivity index (χ3n) is 4.19. The molecule has 128 valence electrons. The molecule has 0 spiro atoms. The molecule has 2 aromatic rings. The van der Waals surface area contributed by atoms with E-state index in [0.29, 0.717) is 6.54 Å². The summed E-state index contributed by atoms with van der Waals surface area (Å²) >= 11 is 0. The fraction of sp³-hybridized carbons (Fsp3) is 0.375. The van der Waals surface area contributed by atoms with Crippen molar-refractivity contribution in [3.05, 3.63) is 48.5 Å². The molecule has 0 fully saturated rings. The Kier molecular flexibility index (Phi) is 4.57. The van der Waals surface area contributed by atoms with E-state index in [-0.39, 0.29) is 18.2 Å². The number of carbonyl (C=O) groups excluding carboxylic acids is 1. The number of hydrogen-bond acceptors (Lipinski definition) is 4. The lowest BCUT2D eigenvalue weighted by molar-refractivity contribution is -0.123. The lowest BCUT2D eigenvalue weighted by atomic mass is 10.2. The van der Waals surface area contributed by atoms with Gasteiger partial charge in [-0.3, -0.25) is 9.10 Å². The first-order chi connectivity index (χ1) is 11.5. The van der Waals surface area contributed by atoms with Gasteiger partial charge in [0.25, 0.3) is 0 Å². The third kappa shape index (κ3) is 3.28. The Morgan fingerprint density at radius 1 is 1.38 bits per heavy atom. The number of sulfonamides is 1. The van der Waals surface area contributed by atoms with Crippen LogP contribution in [0.2, 0.25) is 0 Å². The summed E-state index contributed by atoms with van der Waals surface area (Å²) in [7, 11) is -3.45. The van der Waals surface area contributed by atoms with Crippen molar-refractivity contribution in [2.75, 3.05) is 23.1 Å². The molecule has 0 unspecified atom stereocenters. The van der Waals surface area contributed by atoms with Gasteiger partial charge in [0, 0.05) is 25.5 Å². The molecule has 1 aromatic heterocycles. The van der Waals surface area contributed by atoms with Crippen LogP contribution in [0.5, 0.6) is 0 Å². The Labute approximate surface area is 141 Å². The standard InChI is InChI=1S/C16H20N4O3S/c1-13(19-10-7-17-12-19)16(21)18-8-11-24(22,23)20-9-6-14-4-2-3-5-15(14)20/h2-5,7,10,12-13H,6,8-9,11H2,1H3,(H,18,21)/t13-/m1/s1. The zero-order chi connectivity index (χ0) is 17.2. The first-order valence-corrected chi connectivity index (χ1v) is 9.43. The normalized spacial score (nSPS) is 15.1. The van der Waals surface area contributed by atoms with Crippen molar-refractivity contribution in [2.24, 2.45) is 0 Å². The Hall–Kier alpha value is -2.35. The topological polar surface area (TPSA) is 84.3 Å². The maximum atomic E-state index is 12.5. The number of nitrogens with zero attached hydrogens (tertiary/aromatic N) is 3. The van der Waals surface area contributed by atoms with E-state index < -0.39 is 16.1 Å². The summed E-state index contributed by atoms with van der Waals surface area (Å²) in [5, 5.41) is 2.68. The molecular weight excluding hydrogens is 328 g/mol. The number of anilines is 1. The fourth-order valence-electron chi connectivity index (χ4n) is 2.79. The van der Waals surface area contributed by atoms with E-state index in [0.717, 1.165) is 17.7 Å². The van der Waals surface area contributed by atoms with Gasteiger partial charge in [-0.05, 0) is 25.0 Å². The van der Waals surface area contributed by atoms with E-state index in [2.05, 4.69) is 10.3 Å². The highest BCUT2D eigenvalue weighted by Gasteiger charge is 2.28. The number of carbonyl (C=O) groups is 1. The second kappa shape index (κ2) is 6.64. The van der Waals surface area contributed by atoms with Crippen LogP contribution < -0.4 is 9.62 Å². The van der Waals surface area contributed by atoms with Gasteiger partial charge in [0.15, 0.2) is 0 Å². The second-order valence-electron chi connectivity index (χ2n) is 5.74. The number of hydrogen-bond donors (Lipinski definition) is 1. The molecule has 1 N–H and O–H groups in total. The summed E-state index contributed by atoms with van der Waals surface area (Å²) in [5.74, 6) is -0.353. The molecule has 1 amide bonds. The number of para-hydroxylation sites is 1. The molecule has 0 radical (unpaired) electrons. The molecule has 1 aromatic carbocycles. The lowest BCUT2D eigenvalue weighted by Gasteiger charge is -2.20. The zero-order valence-corrected chi connectivity index (χ0v) is 14.2. The largest absolute Gasteiger partial charge is 0.353 e. The predicted molar refractivity (Wildman–Crippen MR) is 91.2 cm³/mol. The minimum atomic E-state index is -3.45. The molecule has 3 rings (SSSR count). The Morgan fingerprint density at radius 2 is 2.17 bits per heavy atom. The molecule has 2 heterocycles. The molecule has 0 saturated carbocycles. The van der Waals surface area contributed by atoms with Crippen LogP contribution in [0.4, 0.5) is 5.69 Å². The third-order valence-corrected chi connectivity index (χ3v) is 5.96. The second-order valence-corrected chi connectivity index (χ2v) is 7.76. The van der Waals surface area contributed by atoms with Crippen LogP contribution in [-0.2, 0) is 21.2 Å². The Balaban J connectivity index is 1.58. The van der Waals surface area contributed by atoms with Crippen LogP contribution in [-0.4, -0.2) is 42.7 Å². The summed E-state index contributed by atoms with van der Waals surface area (Å²) in [6, 6.07) is 7.08. The van der Waals surface area contributed by atoms with Gasteiger partial charge in [-0.1, -0.05) is 18.2 Å². The summed E-state index contributed by atoms with van der Waals surface area (Å²) in [5.41, 5.74) is 1.79. The van der Waals surface area contributed by atoms with Crippen molar-refractivity contribution in [3.63, 3.8) is 0 Å². The number of amides is 1. The van der Waals surface area contributed by atoms with Crippen molar-refractivity contribution in [1.82, 2.24) is 14.9 Å². The van der Waals surface area contributed by atoms with Gasteiger partial charge in [-0.2, -0.15) is 0 Å². The van der Waals surface area contributed by atoms with Crippen LogP contribution in [0.1, 0.15) is 18.5 Å². The van der Waals surface area contributed by atoms with Gasteiger partial charge >= 0.3 is 0 Å². The monoisotopic (exact) mass is 348 g/mol. The highest BCUT2D eigenvalue weighted by Crippen LogP contribution is 2.29. The van der Waals surface area contributed by atoms with Gasteiger partial charge < -0.3 is 9.88 Å². The van der Waals surface area contributed by atoms with Gasteiger partial charge in [0.2, 0.25) is 15.9 Å². The molecule has 24 heavy (non-hydrogen) atoms. The van der Waals surface area contributed by atoms with Gasteiger partial charge in [0.1, 0.15) is 6.04 Å². The average Bonchev–Trinajstić information content (AvgIpc) is 3.23. The lowest BCUT2D eigenvalue weighted by Crippen LogP contribution is -2.38. The smallest absolute Gasteiger partial charge is 0.242 e. The summed E-state index contributed by atoms with van der Waals surface area (Å²) in [6.07, 6.45) is 5.57. The van der Waals surface area contributed by atoms with Crippen LogP contribution in [0.15, 0.2) is 43.0 Å². The van der Waals surface area contributed by atoms with E-state index >= 15 is 0 Å². The zero-order valence-electron chi connectivity index (χ0n) is 13.4. The van der Waals surface area contributed by atoms with Crippen molar-refractivity contribution >= 4 is 21.6 Å². The van der Waals surface area contributed by atoms with Gasteiger partial charge in [-0.25, -0.2) is 13.4 Å². The molecule has 1 aliphatic heterocycles. The van der Waals surface area contributed by atoms with E-state index in [1.54, 1.807) is 30.2 Å².